The fourth-order valence-corrected chi connectivity index (χ4v) is 2.92. The number of rotatable bonds is 6. The third kappa shape index (κ3) is 5.45. The van der Waals surface area contributed by atoms with Gasteiger partial charge in [0, 0.05) is 6.42 Å². The second-order valence-corrected chi connectivity index (χ2v) is 6.66. The lowest BCUT2D eigenvalue weighted by molar-refractivity contribution is -0.120. The molecule has 4 N–H and O–H groups in total. The highest BCUT2D eigenvalue weighted by atomic mass is 31.2. The normalized spacial score (nSPS) is 19.3. The topological polar surface area (TPSA) is 127 Å². The third-order valence-corrected chi connectivity index (χ3v) is 3.96. The first-order chi connectivity index (χ1) is 11.2. The van der Waals surface area contributed by atoms with Gasteiger partial charge in [0.05, 0.1) is 11.6 Å². The lowest BCUT2D eigenvalue weighted by Crippen LogP contribution is -2.23. The maximum atomic E-state index is 12.3. The molecule has 8 heteroatoms. The number of hydrogen-bond acceptors (Lipinski definition) is 4. The number of nitrogens with zero attached hydrogens (tertiary/aromatic N) is 1. The van der Waals surface area contributed by atoms with Crippen LogP contribution < -0.4 is 0 Å². The van der Waals surface area contributed by atoms with Crippen LogP contribution in [0.5, 0.6) is 5.75 Å². The molecule has 1 aromatic carbocycles. The van der Waals surface area contributed by atoms with E-state index in [-0.39, 0.29) is 29.4 Å². The molecule has 2 rings (SSSR count). The number of Topliss-reactive ketones (excluding diaryl/α,β-unsaturated/α-hetero) is 1. The van der Waals surface area contributed by atoms with Gasteiger partial charge in [0.1, 0.15) is 17.3 Å². The highest BCUT2D eigenvalue weighted by molar-refractivity contribution is 7.50. The van der Waals surface area contributed by atoms with E-state index in [2.05, 4.69) is 4.76 Å². The van der Waals surface area contributed by atoms with Gasteiger partial charge in [-0.2, -0.15) is 4.76 Å². The molecule has 0 aromatic heterocycles. The summed E-state index contributed by atoms with van der Waals surface area (Å²) >= 11 is 0. The van der Waals surface area contributed by atoms with Crippen LogP contribution >= 0.6 is 7.75 Å². The van der Waals surface area contributed by atoms with Crippen LogP contribution in [0.25, 0.3) is 0 Å². The predicted octanol–water partition coefficient (Wildman–Crippen LogP) is 2.45. The average molecular weight is 351 g/mol. The number of aliphatic hydroxyl groups is 1. The van der Waals surface area contributed by atoms with Gasteiger partial charge in [-0.05, 0) is 48.8 Å². The van der Waals surface area contributed by atoms with Crippen LogP contribution in [0.4, 0.5) is 0 Å². The molecule has 24 heavy (non-hydrogen) atoms. The number of carbonyl (C=O) groups is 1. The Bertz CT molecular complexity index is 762. The van der Waals surface area contributed by atoms with Gasteiger partial charge in [0.15, 0.2) is 0 Å². The van der Waals surface area contributed by atoms with E-state index in [1.807, 2.05) is 6.07 Å². The molecule has 128 valence electrons. The smallest absolute Gasteiger partial charge is 0.448 e. The van der Waals surface area contributed by atoms with Crippen molar-refractivity contribution in [3.05, 3.63) is 53.8 Å². The number of aliphatic hydroxyl groups excluding tert-OH is 1. The first kappa shape index (κ1) is 18.1. The summed E-state index contributed by atoms with van der Waals surface area (Å²) in [6, 6.07) is 6.71. The number of carbonyl (C=O) groups excluding carboxylic acids is 1. The monoisotopic (exact) mass is 351 g/mol. The Hall–Kier alpha value is -2.21. The van der Waals surface area contributed by atoms with Crippen molar-refractivity contribution in [2.24, 2.45) is 10.7 Å². The summed E-state index contributed by atoms with van der Waals surface area (Å²) < 4.78 is 14.3. The zero-order chi connectivity index (χ0) is 17.7. The summed E-state index contributed by atoms with van der Waals surface area (Å²) in [6.07, 6.45) is 4.91. The molecule has 0 saturated heterocycles. The lowest BCUT2D eigenvalue weighted by atomic mass is 9.90. The van der Waals surface area contributed by atoms with E-state index >= 15 is 0 Å². The van der Waals surface area contributed by atoms with Crippen LogP contribution in [0, 0.1) is 5.92 Å². The van der Waals surface area contributed by atoms with Crippen molar-refractivity contribution in [1.82, 2.24) is 0 Å². The van der Waals surface area contributed by atoms with Gasteiger partial charge in [-0.1, -0.05) is 12.1 Å². The molecular formula is C16H18NO6P. The number of phenols is 1. The van der Waals surface area contributed by atoms with E-state index in [9.17, 15) is 19.6 Å². The minimum absolute atomic E-state index is 0.0662. The Morgan fingerprint density at radius 2 is 1.96 bits per heavy atom. The molecule has 1 atom stereocenters. The number of hydrogen-bond donors (Lipinski definition) is 4. The maximum Gasteiger partial charge on any atom is 0.448 e. The number of benzene rings is 1. The van der Waals surface area contributed by atoms with Crippen molar-refractivity contribution in [3.63, 3.8) is 0 Å². The van der Waals surface area contributed by atoms with Gasteiger partial charge in [-0.25, -0.2) is 4.57 Å². The highest BCUT2D eigenvalue weighted by Crippen LogP contribution is 2.38. The van der Waals surface area contributed by atoms with Gasteiger partial charge < -0.3 is 20.0 Å². The van der Waals surface area contributed by atoms with Gasteiger partial charge in [0.25, 0.3) is 0 Å². The Morgan fingerprint density at radius 3 is 2.62 bits per heavy atom. The third-order valence-electron chi connectivity index (χ3n) is 3.47. The van der Waals surface area contributed by atoms with Crippen molar-refractivity contribution in [3.8, 4) is 5.75 Å². The quantitative estimate of drug-likeness (QED) is 0.583. The number of ketones is 1. The van der Waals surface area contributed by atoms with Gasteiger partial charge in [0.2, 0.25) is 0 Å². The van der Waals surface area contributed by atoms with Crippen LogP contribution in [-0.2, 0) is 15.8 Å². The Kier molecular flexibility index (Phi) is 5.72. The largest absolute Gasteiger partial charge is 0.508 e. The molecule has 0 aliphatic heterocycles. The second-order valence-electron chi connectivity index (χ2n) is 5.43. The lowest BCUT2D eigenvalue weighted by Gasteiger charge is -2.16. The molecule has 1 aliphatic carbocycles. The van der Waals surface area contributed by atoms with Crippen molar-refractivity contribution in [1.29, 1.82) is 0 Å². The second kappa shape index (κ2) is 7.57. The van der Waals surface area contributed by atoms with E-state index in [4.69, 9.17) is 9.79 Å². The minimum atomic E-state index is -4.66. The van der Waals surface area contributed by atoms with Crippen LogP contribution in [-0.4, -0.2) is 31.5 Å². The van der Waals surface area contributed by atoms with E-state index in [1.165, 1.54) is 18.2 Å². The van der Waals surface area contributed by atoms with Crippen LogP contribution in [0.3, 0.4) is 0 Å². The van der Waals surface area contributed by atoms with Crippen molar-refractivity contribution in [2.75, 3.05) is 0 Å². The first-order valence-corrected chi connectivity index (χ1v) is 8.86. The molecule has 1 aromatic rings. The first-order valence-electron chi connectivity index (χ1n) is 7.30. The number of aryl methyl sites for hydroxylation is 1. The fraction of sp³-hybridized carbons (Fsp3) is 0.250. The molecule has 0 fully saturated rings. The zero-order valence-corrected chi connectivity index (χ0v) is 13.6. The van der Waals surface area contributed by atoms with Crippen molar-refractivity contribution < 1.29 is 29.4 Å². The van der Waals surface area contributed by atoms with Crippen LogP contribution in [0.1, 0.15) is 18.4 Å². The summed E-state index contributed by atoms with van der Waals surface area (Å²) in [5.41, 5.74) is 0.817. The van der Waals surface area contributed by atoms with Gasteiger partial charge in [-0.3, -0.25) is 4.79 Å². The van der Waals surface area contributed by atoms with Gasteiger partial charge >= 0.3 is 7.75 Å². The zero-order valence-electron chi connectivity index (χ0n) is 12.7. The molecule has 1 aliphatic rings. The van der Waals surface area contributed by atoms with Crippen LogP contribution in [0.2, 0.25) is 0 Å². The van der Waals surface area contributed by atoms with Crippen molar-refractivity contribution in [2.45, 2.75) is 19.3 Å². The Labute approximate surface area is 138 Å². The van der Waals surface area contributed by atoms with Crippen LogP contribution in [0.15, 0.2) is 53.0 Å². The Balaban J connectivity index is 2.02. The molecular weight excluding hydrogens is 333 g/mol. The number of phenolic OH excluding ortho intramolecular Hbond substituents is 1. The average Bonchev–Trinajstić information content (AvgIpc) is 2.47. The molecule has 0 bridgehead atoms. The van der Waals surface area contributed by atoms with Gasteiger partial charge in [-0.15, -0.1) is 0 Å². The highest BCUT2D eigenvalue weighted by Gasteiger charge is 2.26. The maximum absolute atomic E-state index is 12.3. The molecule has 0 spiro atoms. The summed E-state index contributed by atoms with van der Waals surface area (Å²) in [4.78, 5) is 30.2. The Morgan fingerprint density at radius 1 is 1.21 bits per heavy atom. The summed E-state index contributed by atoms with van der Waals surface area (Å²) in [7, 11) is -4.66. The van der Waals surface area contributed by atoms with E-state index in [0.29, 0.717) is 12.8 Å². The SMILES string of the molecule is O=C(CCCc1cccc(O)c1)C1C=C(O)C=C/C1=N\P(=O)(O)O. The predicted molar refractivity (Wildman–Crippen MR) is 88.9 cm³/mol. The minimum Gasteiger partial charge on any atom is -0.508 e. The molecule has 7 nitrogen and oxygen atoms in total. The summed E-state index contributed by atoms with van der Waals surface area (Å²) in [5, 5.41) is 18.9. The van der Waals surface area contributed by atoms with E-state index < -0.39 is 13.7 Å². The standard InChI is InChI=1S/C16H18NO6P/c18-12-5-1-3-11(9-12)4-2-6-16(20)14-10-13(19)7-8-15(14)17-24(21,22)23/h1,3,5,7-10,14,18-19H,2,4,6H2,(H2,21,22,23)/b17-15+. The summed E-state index contributed by atoms with van der Waals surface area (Å²) in [6.45, 7) is 0. The summed E-state index contributed by atoms with van der Waals surface area (Å²) in [5.74, 6) is -1.27. The van der Waals surface area contributed by atoms with E-state index in [1.54, 1.807) is 18.2 Å². The number of allylic oxidation sites excluding steroid dienone is 3. The molecule has 0 saturated carbocycles. The van der Waals surface area contributed by atoms with E-state index in [0.717, 1.165) is 5.56 Å². The molecule has 0 heterocycles. The molecule has 0 amide bonds. The number of aromatic hydroxyl groups is 1. The molecule has 0 radical (unpaired) electrons. The molecule has 1 unspecified atom stereocenters. The van der Waals surface area contributed by atoms with Crippen molar-refractivity contribution >= 4 is 19.2 Å². The fourth-order valence-electron chi connectivity index (χ4n) is 2.42.